The van der Waals surface area contributed by atoms with Gasteiger partial charge in [0.1, 0.15) is 32.0 Å². The van der Waals surface area contributed by atoms with E-state index in [1.165, 1.54) is 29.1 Å². The van der Waals surface area contributed by atoms with E-state index in [9.17, 15) is 0 Å². The summed E-state index contributed by atoms with van der Waals surface area (Å²) in [5.41, 5.74) is 2.55. The van der Waals surface area contributed by atoms with Crippen LogP contribution in [0.15, 0.2) is 54.6 Å². The summed E-state index contributed by atoms with van der Waals surface area (Å²) in [5.74, 6) is 0.958. The van der Waals surface area contributed by atoms with E-state index < -0.39 is 0 Å². The molecule has 2 rings (SSSR count). The molecule has 0 aliphatic carbocycles. The van der Waals surface area contributed by atoms with Crippen LogP contribution >= 0.6 is 0 Å². The standard InChI is InChI=1S/C20H28N2O/c1-4-22(14-13-21(2)3)16-19-11-8-12-20(15-19)23-17-18-9-6-5-7-10-18/h5-12,15H,4,13-14,16-17H2,1-3H3/p+2. The van der Waals surface area contributed by atoms with E-state index in [2.05, 4.69) is 51.4 Å². The molecule has 0 fully saturated rings. The molecule has 0 aliphatic heterocycles. The van der Waals surface area contributed by atoms with Crippen molar-refractivity contribution in [1.29, 1.82) is 0 Å². The van der Waals surface area contributed by atoms with Crippen LogP contribution in [0.4, 0.5) is 0 Å². The molecule has 2 aromatic carbocycles. The summed E-state index contributed by atoms with van der Waals surface area (Å²) in [6.07, 6.45) is 0. The number of hydrogen-bond acceptors (Lipinski definition) is 1. The van der Waals surface area contributed by atoms with Crippen LogP contribution in [0.1, 0.15) is 18.1 Å². The second-order valence-electron chi connectivity index (χ2n) is 6.41. The molecule has 3 heteroatoms. The molecular formula is C20H30N2O+2. The third-order valence-electron chi connectivity index (χ3n) is 4.08. The lowest BCUT2D eigenvalue weighted by atomic mass is 10.2. The van der Waals surface area contributed by atoms with Crippen LogP contribution in [0.25, 0.3) is 0 Å². The molecular weight excluding hydrogens is 284 g/mol. The van der Waals surface area contributed by atoms with Gasteiger partial charge in [0.2, 0.25) is 0 Å². The predicted octanol–water partition coefficient (Wildman–Crippen LogP) is 0.815. The van der Waals surface area contributed by atoms with Crippen molar-refractivity contribution in [1.82, 2.24) is 0 Å². The van der Waals surface area contributed by atoms with Gasteiger partial charge in [0.15, 0.2) is 0 Å². The number of rotatable bonds is 9. The van der Waals surface area contributed by atoms with E-state index in [-0.39, 0.29) is 0 Å². The number of benzene rings is 2. The maximum Gasteiger partial charge on any atom is 0.127 e. The Morgan fingerprint density at radius 3 is 2.30 bits per heavy atom. The molecule has 0 aromatic heterocycles. The number of nitrogens with one attached hydrogen (secondary N) is 2. The van der Waals surface area contributed by atoms with Gasteiger partial charge in [0.05, 0.1) is 20.6 Å². The van der Waals surface area contributed by atoms with Crippen molar-refractivity contribution in [2.24, 2.45) is 0 Å². The van der Waals surface area contributed by atoms with Crippen molar-refractivity contribution >= 4 is 0 Å². The molecule has 0 bridgehead atoms. The minimum atomic E-state index is 0.624. The van der Waals surface area contributed by atoms with Crippen LogP contribution in [0, 0.1) is 0 Å². The van der Waals surface area contributed by atoms with Gasteiger partial charge in [-0.1, -0.05) is 42.5 Å². The molecule has 23 heavy (non-hydrogen) atoms. The third kappa shape index (κ3) is 6.43. The van der Waals surface area contributed by atoms with Crippen molar-refractivity contribution in [3.8, 4) is 5.75 Å². The van der Waals surface area contributed by atoms with Gasteiger partial charge in [-0.2, -0.15) is 0 Å². The van der Waals surface area contributed by atoms with Gasteiger partial charge in [-0.25, -0.2) is 0 Å². The lowest BCUT2D eigenvalue weighted by Gasteiger charge is -2.19. The largest absolute Gasteiger partial charge is 0.489 e. The lowest BCUT2D eigenvalue weighted by Crippen LogP contribution is -3.17. The maximum atomic E-state index is 5.93. The van der Waals surface area contributed by atoms with Crippen molar-refractivity contribution < 1.29 is 14.5 Å². The minimum absolute atomic E-state index is 0.624. The molecule has 2 aromatic rings. The van der Waals surface area contributed by atoms with E-state index in [0.717, 1.165) is 18.8 Å². The van der Waals surface area contributed by atoms with Gasteiger partial charge in [-0.15, -0.1) is 0 Å². The van der Waals surface area contributed by atoms with Crippen LogP contribution in [-0.4, -0.2) is 33.7 Å². The van der Waals surface area contributed by atoms with Crippen LogP contribution in [0.5, 0.6) is 5.75 Å². The second kappa shape index (κ2) is 9.33. The van der Waals surface area contributed by atoms with Gasteiger partial charge in [0, 0.05) is 5.56 Å². The first kappa shape index (κ1) is 17.5. The summed E-state index contributed by atoms with van der Waals surface area (Å²) < 4.78 is 5.93. The Labute approximate surface area is 140 Å². The Kier molecular flexibility index (Phi) is 7.11. The molecule has 0 saturated carbocycles. The zero-order valence-corrected chi connectivity index (χ0v) is 14.6. The predicted molar refractivity (Wildman–Crippen MR) is 95.0 cm³/mol. The highest BCUT2D eigenvalue weighted by atomic mass is 16.5. The summed E-state index contributed by atoms with van der Waals surface area (Å²) in [4.78, 5) is 3.13. The van der Waals surface area contributed by atoms with Crippen molar-refractivity contribution in [3.05, 3.63) is 65.7 Å². The Bertz CT molecular complexity index is 569. The topological polar surface area (TPSA) is 18.1 Å². The summed E-state index contributed by atoms with van der Waals surface area (Å²) in [6.45, 7) is 7.50. The molecule has 0 heterocycles. The molecule has 124 valence electrons. The zero-order chi connectivity index (χ0) is 16.5. The van der Waals surface area contributed by atoms with Crippen molar-refractivity contribution in [2.75, 3.05) is 33.7 Å². The lowest BCUT2D eigenvalue weighted by molar-refractivity contribution is -0.949. The molecule has 0 radical (unpaired) electrons. The fourth-order valence-electron chi connectivity index (χ4n) is 2.59. The average molecular weight is 314 g/mol. The van der Waals surface area contributed by atoms with E-state index in [1.54, 1.807) is 4.90 Å². The molecule has 1 atom stereocenters. The van der Waals surface area contributed by atoms with Crippen molar-refractivity contribution in [2.45, 2.75) is 20.1 Å². The summed E-state index contributed by atoms with van der Waals surface area (Å²) in [7, 11) is 4.43. The average Bonchev–Trinajstić information content (AvgIpc) is 2.58. The van der Waals surface area contributed by atoms with Gasteiger partial charge >= 0.3 is 0 Å². The molecule has 1 unspecified atom stereocenters. The molecule has 3 nitrogen and oxygen atoms in total. The Morgan fingerprint density at radius 1 is 0.870 bits per heavy atom. The van der Waals surface area contributed by atoms with E-state index in [0.29, 0.717) is 6.61 Å². The fourth-order valence-corrected chi connectivity index (χ4v) is 2.59. The first-order valence-corrected chi connectivity index (χ1v) is 8.55. The Morgan fingerprint density at radius 2 is 1.61 bits per heavy atom. The SMILES string of the molecule is CC[NH+](CC[NH+](C)C)Cc1cccc(OCc2ccccc2)c1. The first-order chi connectivity index (χ1) is 11.2. The zero-order valence-electron chi connectivity index (χ0n) is 14.6. The normalized spacial score (nSPS) is 12.3. The van der Waals surface area contributed by atoms with Gasteiger partial charge < -0.3 is 14.5 Å². The monoisotopic (exact) mass is 314 g/mol. The minimum Gasteiger partial charge on any atom is -0.489 e. The van der Waals surface area contributed by atoms with Crippen LogP contribution in [-0.2, 0) is 13.2 Å². The van der Waals surface area contributed by atoms with Crippen LogP contribution in [0.2, 0.25) is 0 Å². The Balaban J connectivity index is 1.90. The third-order valence-corrected chi connectivity index (χ3v) is 4.08. The quantitative estimate of drug-likeness (QED) is 0.701. The van der Waals surface area contributed by atoms with Gasteiger partial charge in [0.25, 0.3) is 0 Å². The number of ether oxygens (including phenoxy) is 1. The van der Waals surface area contributed by atoms with E-state index in [1.807, 2.05) is 24.3 Å². The number of quaternary nitrogens is 2. The summed E-state index contributed by atoms with van der Waals surface area (Å²) >= 11 is 0. The van der Waals surface area contributed by atoms with Crippen LogP contribution in [0.3, 0.4) is 0 Å². The molecule has 0 saturated heterocycles. The highest BCUT2D eigenvalue weighted by Crippen LogP contribution is 2.14. The summed E-state index contributed by atoms with van der Waals surface area (Å²) in [5, 5.41) is 0. The smallest absolute Gasteiger partial charge is 0.127 e. The number of likely N-dealkylation sites (N-methyl/N-ethyl adjacent to an activating group) is 2. The second-order valence-corrected chi connectivity index (χ2v) is 6.41. The number of hydrogen-bond donors (Lipinski definition) is 2. The van der Waals surface area contributed by atoms with Gasteiger partial charge in [-0.3, -0.25) is 0 Å². The fraction of sp³-hybridized carbons (Fsp3) is 0.400. The Hall–Kier alpha value is -1.84. The highest BCUT2D eigenvalue weighted by Gasteiger charge is 2.09. The highest BCUT2D eigenvalue weighted by molar-refractivity contribution is 5.28. The van der Waals surface area contributed by atoms with Crippen molar-refractivity contribution in [3.63, 3.8) is 0 Å². The molecule has 0 spiro atoms. The molecule has 2 N–H and O–H groups in total. The van der Waals surface area contributed by atoms with E-state index in [4.69, 9.17) is 4.74 Å². The van der Waals surface area contributed by atoms with Gasteiger partial charge in [-0.05, 0) is 24.6 Å². The molecule has 0 aliphatic rings. The van der Waals surface area contributed by atoms with E-state index >= 15 is 0 Å². The summed E-state index contributed by atoms with van der Waals surface area (Å²) in [6, 6.07) is 18.8. The first-order valence-electron chi connectivity index (χ1n) is 8.55. The maximum absolute atomic E-state index is 5.93. The van der Waals surface area contributed by atoms with Crippen LogP contribution < -0.4 is 14.5 Å². The molecule has 0 amide bonds.